The fraction of sp³-hybridized carbons (Fsp3) is 0.435. The maximum atomic E-state index is 11.3. The number of hydrogen-bond donors (Lipinski definition) is 2. The number of ether oxygens (including phenoxy) is 3. The quantitative estimate of drug-likeness (QED) is 0.606. The maximum absolute atomic E-state index is 11.3. The summed E-state index contributed by atoms with van der Waals surface area (Å²) in [5.41, 5.74) is 2.23. The number of hydrogen-bond acceptors (Lipinski definition) is 6. The van der Waals surface area contributed by atoms with Crippen molar-refractivity contribution in [3.63, 3.8) is 0 Å². The first kappa shape index (κ1) is 22.3. The number of carboxylic acid groups (broad SMARTS) is 1. The van der Waals surface area contributed by atoms with Gasteiger partial charge < -0.3 is 19.3 Å². The third kappa shape index (κ3) is 5.40. The van der Waals surface area contributed by atoms with Gasteiger partial charge in [0, 0.05) is 11.3 Å². The van der Waals surface area contributed by atoms with Gasteiger partial charge in [0.05, 0.1) is 12.5 Å². The van der Waals surface area contributed by atoms with Crippen molar-refractivity contribution in [3.05, 3.63) is 53.6 Å². The molecule has 1 aliphatic rings. The molecular weight excluding hydrogens is 402 g/mol. The van der Waals surface area contributed by atoms with Gasteiger partial charge in [-0.3, -0.25) is 10.1 Å². The Labute approximate surface area is 181 Å². The van der Waals surface area contributed by atoms with Gasteiger partial charge in [0.1, 0.15) is 25.0 Å². The third-order valence-corrected chi connectivity index (χ3v) is 6.16. The summed E-state index contributed by atoms with van der Waals surface area (Å²) in [6.07, 6.45) is 0. The Morgan fingerprint density at radius 2 is 1.83 bits per heavy atom. The molecule has 1 fully saturated rings. The van der Waals surface area contributed by atoms with E-state index in [-0.39, 0.29) is 10.8 Å². The van der Waals surface area contributed by atoms with Crippen LogP contribution < -0.4 is 19.5 Å². The first-order chi connectivity index (χ1) is 14.3. The normalized spacial score (nSPS) is 18.8. The fourth-order valence-corrected chi connectivity index (χ4v) is 4.45. The molecule has 1 aliphatic heterocycles. The summed E-state index contributed by atoms with van der Waals surface area (Å²) in [6, 6.07) is 13.2. The molecule has 0 aromatic heterocycles. The third-order valence-electron chi connectivity index (χ3n) is 4.91. The molecular formula is C23H29NO5S. The first-order valence-corrected chi connectivity index (χ1v) is 11.0. The number of methoxy groups -OCH3 is 1. The van der Waals surface area contributed by atoms with Crippen LogP contribution in [0.25, 0.3) is 0 Å². The Balaban J connectivity index is 1.61. The molecule has 2 unspecified atom stereocenters. The number of carboxylic acids is 1. The molecule has 1 saturated heterocycles. The molecule has 2 aromatic rings. The van der Waals surface area contributed by atoms with Crippen LogP contribution >= 0.6 is 11.8 Å². The second-order valence-electron chi connectivity index (χ2n) is 8.12. The molecule has 7 heteroatoms. The van der Waals surface area contributed by atoms with Crippen LogP contribution in [0.5, 0.6) is 17.2 Å². The number of aliphatic carboxylic acids is 1. The van der Waals surface area contributed by atoms with E-state index in [2.05, 4.69) is 38.2 Å². The summed E-state index contributed by atoms with van der Waals surface area (Å²) < 4.78 is 17.3. The monoisotopic (exact) mass is 431 g/mol. The van der Waals surface area contributed by atoms with Crippen LogP contribution in [0.3, 0.4) is 0 Å². The van der Waals surface area contributed by atoms with Crippen molar-refractivity contribution in [1.82, 2.24) is 5.32 Å². The van der Waals surface area contributed by atoms with Gasteiger partial charge in [-0.25, -0.2) is 0 Å². The highest BCUT2D eigenvalue weighted by Gasteiger charge is 2.32. The van der Waals surface area contributed by atoms with Crippen molar-refractivity contribution in [2.45, 2.75) is 37.6 Å². The largest absolute Gasteiger partial charge is 0.493 e. The van der Waals surface area contributed by atoms with E-state index < -0.39 is 12.0 Å². The van der Waals surface area contributed by atoms with Gasteiger partial charge in [0.2, 0.25) is 0 Å². The Hall–Kier alpha value is -2.38. The maximum Gasteiger partial charge on any atom is 0.321 e. The number of nitrogens with one attached hydrogen (secondary N) is 1. The van der Waals surface area contributed by atoms with Crippen molar-refractivity contribution in [2.75, 3.05) is 26.1 Å². The molecule has 0 spiro atoms. The van der Waals surface area contributed by atoms with Crippen molar-refractivity contribution in [1.29, 1.82) is 0 Å². The smallest absolute Gasteiger partial charge is 0.321 e. The minimum absolute atomic E-state index is 0.105. The van der Waals surface area contributed by atoms with Crippen LogP contribution in [0, 0.1) is 0 Å². The van der Waals surface area contributed by atoms with Crippen molar-refractivity contribution < 1.29 is 24.1 Å². The topological polar surface area (TPSA) is 77.0 Å². The predicted molar refractivity (Wildman–Crippen MR) is 119 cm³/mol. The number of thioether (sulfide) groups is 1. The van der Waals surface area contributed by atoms with E-state index in [4.69, 9.17) is 14.2 Å². The zero-order valence-corrected chi connectivity index (χ0v) is 18.6. The molecule has 0 radical (unpaired) electrons. The highest BCUT2D eigenvalue weighted by Crippen LogP contribution is 2.42. The van der Waals surface area contributed by atoms with Crippen molar-refractivity contribution >= 4 is 17.7 Å². The molecule has 0 saturated carbocycles. The molecule has 0 aliphatic carbocycles. The van der Waals surface area contributed by atoms with E-state index in [0.717, 1.165) is 11.3 Å². The minimum atomic E-state index is -0.846. The van der Waals surface area contributed by atoms with E-state index in [1.165, 1.54) is 5.56 Å². The van der Waals surface area contributed by atoms with Gasteiger partial charge in [-0.15, -0.1) is 11.8 Å². The van der Waals surface area contributed by atoms with Crippen LogP contribution in [-0.4, -0.2) is 43.2 Å². The van der Waals surface area contributed by atoms with Gasteiger partial charge in [0.25, 0.3) is 0 Å². The Morgan fingerprint density at radius 3 is 2.43 bits per heavy atom. The van der Waals surface area contributed by atoms with Gasteiger partial charge >= 0.3 is 5.97 Å². The Bertz CT molecular complexity index is 863. The van der Waals surface area contributed by atoms with E-state index >= 15 is 0 Å². The number of rotatable bonds is 8. The first-order valence-electron chi connectivity index (χ1n) is 9.93. The fourth-order valence-electron chi connectivity index (χ4n) is 3.20. The van der Waals surface area contributed by atoms with E-state index in [0.29, 0.717) is 30.5 Å². The average Bonchev–Trinajstić information content (AvgIpc) is 3.21. The molecule has 2 atom stereocenters. The highest BCUT2D eigenvalue weighted by molar-refractivity contribution is 7.99. The summed E-state index contributed by atoms with van der Waals surface area (Å²) in [5.74, 6) is 1.68. The summed E-state index contributed by atoms with van der Waals surface area (Å²) >= 11 is 1.55. The summed E-state index contributed by atoms with van der Waals surface area (Å²) in [4.78, 5) is 11.3. The van der Waals surface area contributed by atoms with Crippen molar-refractivity contribution in [3.8, 4) is 17.2 Å². The van der Waals surface area contributed by atoms with Gasteiger partial charge in [-0.05, 0) is 29.2 Å². The van der Waals surface area contributed by atoms with E-state index in [1.807, 2.05) is 30.3 Å². The number of benzene rings is 2. The van der Waals surface area contributed by atoms with E-state index in [1.54, 1.807) is 18.9 Å². The molecule has 0 bridgehead atoms. The SMILES string of the molecule is COc1cccc(C2NC(C(=O)O)CS2)c1OCCOc1ccc(C(C)(C)C)cc1. The summed E-state index contributed by atoms with van der Waals surface area (Å²) in [5, 5.41) is 12.2. The second kappa shape index (κ2) is 9.62. The van der Waals surface area contributed by atoms with Gasteiger partial charge in [-0.2, -0.15) is 0 Å². The molecule has 6 nitrogen and oxygen atoms in total. The number of carbonyl (C=O) groups is 1. The molecule has 3 rings (SSSR count). The molecule has 1 heterocycles. The standard InChI is InChI=1S/C23H29NO5S/c1-23(2,3)15-8-10-16(11-9-15)28-12-13-29-20-17(6-5-7-19(20)27-4)21-24-18(14-30-21)22(25)26/h5-11,18,21,24H,12-14H2,1-4H3,(H,25,26). The van der Waals surface area contributed by atoms with Crippen LogP contribution in [-0.2, 0) is 10.2 Å². The van der Waals surface area contributed by atoms with Gasteiger partial charge in [-0.1, -0.05) is 45.0 Å². The number of para-hydroxylation sites is 1. The van der Waals surface area contributed by atoms with Crippen LogP contribution in [0.4, 0.5) is 0 Å². The zero-order valence-electron chi connectivity index (χ0n) is 17.8. The zero-order chi connectivity index (χ0) is 21.7. The second-order valence-corrected chi connectivity index (χ2v) is 9.26. The predicted octanol–water partition coefficient (Wildman–Crippen LogP) is 4.24. The summed E-state index contributed by atoms with van der Waals surface area (Å²) in [6.45, 7) is 7.26. The lowest BCUT2D eigenvalue weighted by Gasteiger charge is -2.20. The molecule has 162 valence electrons. The molecule has 0 amide bonds. The van der Waals surface area contributed by atoms with Crippen molar-refractivity contribution in [2.24, 2.45) is 0 Å². The lowest BCUT2D eigenvalue weighted by Crippen LogP contribution is -2.33. The molecule has 2 aromatic carbocycles. The molecule has 30 heavy (non-hydrogen) atoms. The Morgan fingerprint density at radius 1 is 1.13 bits per heavy atom. The highest BCUT2D eigenvalue weighted by atomic mass is 32.2. The molecule has 2 N–H and O–H groups in total. The Kier molecular flexibility index (Phi) is 7.15. The van der Waals surface area contributed by atoms with Crippen LogP contribution in [0.15, 0.2) is 42.5 Å². The van der Waals surface area contributed by atoms with E-state index in [9.17, 15) is 9.90 Å². The lowest BCUT2D eigenvalue weighted by atomic mass is 9.87. The van der Waals surface area contributed by atoms with Crippen LogP contribution in [0.2, 0.25) is 0 Å². The average molecular weight is 432 g/mol. The lowest BCUT2D eigenvalue weighted by molar-refractivity contribution is -0.138. The summed E-state index contributed by atoms with van der Waals surface area (Å²) in [7, 11) is 1.59. The van der Waals surface area contributed by atoms with Crippen LogP contribution in [0.1, 0.15) is 37.3 Å². The van der Waals surface area contributed by atoms with Gasteiger partial charge in [0.15, 0.2) is 11.5 Å². The minimum Gasteiger partial charge on any atom is -0.493 e.